The highest BCUT2D eigenvalue weighted by Crippen LogP contribution is 2.09. The number of aromatic hydroxyl groups is 1. The van der Waals surface area contributed by atoms with Gasteiger partial charge in [-0.25, -0.2) is 0 Å². The van der Waals surface area contributed by atoms with Gasteiger partial charge in [0.1, 0.15) is 6.26 Å². The number of hydrogen-bond acceptors (Lipinski definition) is 4. The lowest BCUT2D eigenvalue weighted by atomic mass is 10.3. The average molecular weight is 231 g/mol. The first-order valence-corrected chi connectivity index (χ1v) is 4.85. The van der Waals surface area contributed by atoms with Crippen molar-refractivity contribution < 1.29 is 14.3 Å². The molecule has 0 aliphatic carbocycles. The Kier molecular flexibility index (Phi) is 2.91. The predicted molar refractivity (Wildman–Crippen MR) is 61.0 cm³/mol. The predicted octanol–water partition coefficient (Wildman–Crippen LogP) is 1.60. The van der Waals surface area contributed by atoms with Gasteiger partial charge in [0.2, 0.25) is 5.43 Å². The first kappa shape index (κ1) is 10.9. The molecule has 2 N–H and O–H groups in total. The quantitative estimate of drug-likeness (QED) is 0.822. The molecule has 2 aromatic rings. The van der Waals surface area contributed by atoms with Crippen molar-refractivity contribution in [3.05, 3.63) is 58.6 Å². The lowest BCUT2D eigenvalue weighted by Gasteiger charge is -2.03. The molecule has 1 aromatic carbocycles. The lowest BCUT2D eigenvalue weighted by Crippen LogP contribution is -2.14. The number of rotatable bonds is 2. The summed E-state index contributed by atoms with van der Waals surface area (Å²) in [5, 5.41) is 11.5. The normalized spacial score (nSPS) is 9.88. The van der Waals surface area contributed by atoms with E-state index in [-0.39, 0.29) is 5.76 Å². The van der Waals surface area contributed by atoms with Crippen molar-refractivity contribution in [3.63, 3.8) is 0 Å². The smallest absolute Gasteiger partial charge is 0.291 e. The van der Waals surface area contributed by atoms with Crippen LogP contribution in [0.1, 0.15) is 10.6 Å². The van der Waals surface area contributed by atoms with Crippen molar-refractivity contribution in [1.29, 1.82) is 0 Å². The number of hydrogen-bond donors (Lipinski definition) is 2. The van der Waals surface area contributed by atoms with Crippen molar-refractivity contribution in [2.24, 2.45) is 0 Å². The van der Waals surface area contributed by atoms with Crippen LogP contribution in [0.25, 0.3) is 0 Å². The molecular formula is C12H9NO4. The van der Waals surface area contributed by atoms with E-state index >= 15 is 0 Å². The summed E-state index contributed by atoms with van der Waals surface area (Å²) in [6, 6.07) is 9.70. The largest absolute Gasteiger partial charge is 0.502 e. The maximum Gasteiger partial charge on any atom is 0.291 e. The van der Waals surface area contributed by atoms with E-state index in [0.717, 1.165) is 12.3 Å². The molecule has 5 nitrogen and oxygen atoms in total. The number of para-hydroxylation sites is 1. The molecule has 0 bridgehead atoms. The zero-order valence-electron chi connectivity index (χ0n) is 8.71. The van der Waals surface area contributed by atoms with E-state index in [4.69, 9.17) is 9.52 Å². The molecule has 0 fully saturated rings. The summed E-state index contributed by atoms with van der Waals surface area (Å²) in [7, 11) is 0. The number of carbonyl (C=O) groups is 1. The van der Waals surface area contributed by atoms with Crippen molar-refractivity contribution in [3.8, 4) is 5.75 Å². The summed E-state index contributed by atoms with van der Waals surface area (Å²) in [4.78, 5) is 22.8. The number of nitrogens with one attached hydrogen (secondary N) is 1. The minimum atomic E-state index is -0.658. The van der Waals surface area contributed by atoms with E-state index in [1.807, 2.05) is 6.07 Å². The fourth-order valence-corrected chi connectivity index (χ4v) is 1.24. The van der Waals surface area contributed by atoms with Gasteiger partial charge in [0.25, 0.3) is 5.91 Å². The maximum atomic E-state index is 11.7. The molecule has 0 aliphatic heterocycles. The Morgan fingerprint density at radius 3 is 2.59 bits per heavy atom. The first-order valence-electron chi connectivity index (χ1n) is 4.85. The second-order valence-corrected chi connectivity index (χ2v) is 3.31. The highest BCUT2D eigenvalue weighted by Gasteiger charge is 2.10. The third-order valence-electron chi connectivity index (χ3n) is 2.07. The Labute approximate surface area is 96.3 Å². The fraction of sp³-hybridized carbons (Fsp3) is 0. The van der Waals surface area contributed by atoms with E-state index in [9.17, 15) is 9.59 Å². The third kappa shape index (κ3) is 2.52. The molecular weight excluding hydrogens is 222 g/mol. The Bertz CT molecular complexity index is 589. The molecule has 0 saturated heterocycles. The van der Waals surface area contributed by atoms with Gasteiger partial charge in [0, 0.05) is 11.8 Å². The summed E-state index contributed by atoms with van der Waals surface area (Å²) in [6.07, 6.45) is 0.836. The van der Waals surface area contributed by atoms with Gasteiger partial charge >= 0.3 is 0 Å². The molecule has 1 heterocycles. The van der Waals surface area contributed by atoms with Crippen molar-refractivity contribution >= 4 is 11.6 Å². The molecule has 1 aromatic heterocycles. The zero-order chi connectivity index (χ0) is 12.3. The molecule has 5 heteroatoms. The zero-order valence-corrected chi connectivity index (χ0v) is 8.71. The molecule has 0 saturated carbocycles. The summed E-state index contributed by atoms with van der Waals surface area (Å²) in [6.45, 7) is 0. The first-order chi connectivity index (χ1) is 8.16. The van der Waals surface area contributed by atoms with Gasteiger partial charge in [-0.1, -0.05) is 18.2 Å². The van der Waals surface area contributed by atoms with Gasteiger partial charge in [0.05, 0.1) is 0 Å². The SMILES string of the molecule is O=C(Nc1ccccc1)c1cc(=O)c(O)co1. The molecule has 86 valence electrons. The van der Waals surface area contributed by atoms with Crippen LogP contribution >= 0.6 is 0 Å². The number of anilines is 1. The summed E-state index contributed by atoms with van der Waals surface area (Å²) in [5.74, 6) is -1.23. The van der Waals surface area contributed by atoms with Crippen LogP contribution in [0.5, 0.6) is 5.75 Å². The minimum absolute atomic E-state index is 0.156. The molecule has 0 atom stereocenters. The fourth-order valence-electron chi connectivity index (χ4n) is 1.24. The molecule has 17 heavy (non-hydrogen) atoms. The Hall–Kier alpha value is -2.56. The minimum Gasteiger partial charge on any atom is -0.502 e. The van der Waals surface area contributed by atoms with Crippen molar-refractivity contribution in [1.82, 2.24) is 0 Å². The number of amides is 1. The summed E-state index contributed by atoms with van der Waals surface area (Å²) >= 11 is 0. The Morgan fingerprint density at radius 1 is 1.24 bits per heavy atom. The lowest BCUT2D eigenvalue weighted by molar-refractivity contribution is 0.0994. The Balaban J connectivity index is 2.21. The highest BCUT2D eigenvalue weighted by molar-refractivity contribution is 6.02. The topological polar surface area (TPSA) is 79.5 Å². The number of carbonyl (C=O) groups excluding carboxylic acids is 1. The van der Waals surface area contributed by atoms with Gasteiger partial charge in [-0.2, -0.15) is 0 Å². The standard InChI is InChI=1S/C12H9NO4/c14-9-6-11(17-7-10(9)15)12(16)13-8-4-2-1-3-5-8/h1-7,15H,(H,13,16). The van der Waals surface area contributed by atoms with Crippen LogP contribution in [0.2, 0.25) is 0 Å². The van der Waals surface area contributed by atoms with Crippen LogP contribution in [0.15, 0.2) is 51.9 Å². The van der Waals surface area contributed by atoms with Gasteiger partial charge < -0.3 is 14.8 Å². The number of benzene rings is 1. The van der Waals surface area contributed by atoms with Crippen LogP contribution in [-0.2, 0) is 0 Å². The second kappa shape index (κ2) is 4.52. The molecule has 2 rings (SSSR count). The van der Waals surface area contributed by atoms with Gasteiger partial charge in [0.15, 0.2) is 11.5 Å². The summed E-state index contributed by atoms with van der Waals surface area (Å²) in [5.41, 5.74) is -0.0670. The van der Waals surface area contributed by atoms with Crippen molar-refractivity contribution in [2.45, 2.75) is 0 Å². The van der Waals surface area contributed by atoms with Crippen LogP contribution in [0.4, 0.5) is 5.69 Å². The van der Waals surface area contributed by atoms with Crippen LogP contribution < -0.4 is 10.7 Å². The van der Waals surface area contributed by atoms with E-state index < -0.39 is 17.1 Å². The molecule has 0 unspecified atom stereocenters. The average Bonchev–Trinajstić information content (AvgIpc) is 2.34. The van der Waals surface area contributed by atoms with E-state index in [2.05, 4.69) is 5.32 Å². The van der Waals surface area contributed by atoms with E-state index in [1.165, 1.54) is 0 Å². The second-order valence-electron chi connectivity index (χ2n) is 3.31. The summed E-state index contributed by atoms with van der Waals surface area (Å²) < 4.78 is 4.81. The van der Waals surface area contributed by atoms with Gasteiger partial charge in [-0.15, -0.1) is 0 Å². The van der Waals surface area contributed by atoms with Gasteiger partial charge in [-0.3, -0.25) is 9.59 Å². The molecule has 0 radical (unpaired) electrons. The monoisotopic (exact) mass is 231 g/mol. The Morgan fingerprint density at radius 2 is 1.94 bits per heavy atom. The highest BCUT2D eigenvalue weighted by atomic mass is 16.4. The molecule has 0 aliphatic rings. The van der Waals surface area contributed by atoms with Crippen LogP contribution in [0.3, 0.4) is 0 Å². The van der Waals surface area contributed by atoms with Gasteiger partial charge in [-0.05, 0) is 12.1 Å². The van der Waals surface area contributed by atoms with E-state index in [1.54, 1.807) is 24.3 Å². The molecule has 1 amide bonds. The molecule has 0 spiro atoms. The maximum absolute atomic E-state index is 11.7. The van der Waals surface area contributed by atoms with Crippen LogP contribution in [-0.4, -0.2) is 11.0 Å². The van der Waals surface area contributed by atoms with Crippen molar-refractivity contribution in [2.75, 3.05) is 5.32 Å². The van der Waals surface area contributed by atoms with Crippen LogP contribution in [0, 0.1) is 0 Å². The third-order valence-corrected chi connectivity index (χ3v) is 2.07. The van der Waals surface area contributed by atoms with E-state index in [0.29, 0.717) is 5.69 Å².